The van der Waals surface area contributed by atoms with E-state index in [0.29, 0.717) is 29.9 Å². The second kappa shape index (κ2) is 15.7. The van der Waals surface area contributed by atoms with Gasteiger partial charge in [-0.05, 0) is 104 Å². The van der Waals surface area contributed by atoms with Crippen molar-refractivity contribution < 1.29 is 24.2 Å². The Balaban J connectivity index is 1.65. The summed E-state index contributed by atoms with van der Waals surface area (Å²) in [7, 11) is 0. The molecule has 12 heteroatoms. The molecule has 5 rings (SSSR count). The predicted octanol–water partition coefficient (Wildman–Crippen LogP) is 8.59. The second-order valence-corrected chi connectivity index (χ2v) is 12.1. The molecule has 3 aromatic heterocycles. The number of aromatic nitrogens is 4. The Kier molecular flexibility index (Phi) is 11.2. The van der Waals surface area contributed by atoms with E-state index in [2.05, 4.69) is 39.2 Å². The van der Waals surface area contributed by atoms with Gasteiger partial charge in [0, 0.05) is 57.5 Å². The van der Waals surface area contributed by atoms with Gasteiger partial charge in [-0.3, -0.25) is 9.59 Å². The molecule has 12 nitrogen and oxygen atoms in total. The molecule has 8 bridgehead atoms. The second-order valence-electron chi connectivity index (χ2n) is 12.1. The Morgan fingerprint density at radius 3 is 1.90 bits per heavy atom. The molecule has 258 valence electrons. The van der Waals surface area contributed by atoms with Crippen LogP contribution in [0.1, 0.15) is 84.6 Å². The summed E-state index contributed by atoms with van der Waals surface area (Å²) in [5, 5.41) is 13.0. The first-order valence-corrected chi connectivity index (χ1v) is 16.4. The van der Waals surface area contributed by atoms with Crippen molar-refractivity contribution in [2.75, 3.05) is 26.4 Å². The van der Waals surface area contributed by atoms with Crippen molar-refractivity contribution >= 4 is 68.4 Å². The van der Waals surface area contributed by atoms with E-state index in [1.54, 1.807) is 0 Å². The predicted molar refractivity (Wildman–Crippen MR) is 198 cm³/mol. The number of nitrogens with one attached hydrogen (secondary N) is 2. The van der Waals surface area contributed by atoms with Crippen LogP contribution in [-0.2, 0) is 19.1 Å². The van der Waals surface area contributed by atoms with Crippen molar-refractivity contribution in [2.24, 2.45) is 5.11 Å². The molecule has 0 atom stereocenters. The van der Waals surface area contributed by atoms with E-state index in [4.69, 9.17) is 25.0 Å². The first kappa shape index (κ1) is 35.6. The number of aromatic amines is 2. The molecule has 2 aliphatic rings. The van der Waals surface area contributed by atoms with Gasteiger partial charge >= 0.3 is 11.9 Å². The van der Waals surface area contributed by atoms with Gasteiger partial charge in [-0.25, -0.2) is 9.97 Å². The van der Waals surface area contributed by atoms with Gasteiger partial charge in [0.15, 0.2) is 0 Å². The number of ether oxygens (including phenoxy) is 2. The number of fused-ring (bicyclic) bond motifs is 8. The van der Waals surface area contributed by atoms with Gasteiger partial charge in [0.05, 0.1) is 36.0 Å². The third-order valence-corrected chi connectivity index (χ3v) is 9.10. The number of hydrogen-bond acceptors (Lipinski definition) is 7. The van der Waals surface area contributed by atoms with Crippen LogP contribution in [0.4, 0.5) is 0 Å². The summed E-state index contributed by atoms with van der Waals surface area (Å²) in [6.45, 7) is 16.9. The number of hydrogen-bond donors (Lipinski definition) is 3. The first-order chi connectivity index (χ1) is 24.1. The van der Waals surface area contributed by atoms with Crippen LogP contribution < -0.4 is 0 Å². The summed E-state index contributed by atoms with van der Waals surface area (Å²) in [6, 6.07) is 7.94. The summed E-state index contributed by atoms with van der Waals surface area (Å²) in [5.41, 5.74) is 22.1. The normalized spacial score (nSPS) is 12.6. The summed E-state index contributed by atoms with van der Waals surface area (Å²) < 4.78 is 10.7. The molecule has 0 unspecified atom stereocenters. The van der Waals surface area contributed by atoms with Crippen molar-refractivity contribution in [1.29, 1.82) is 0 Å². The van der Waals surface area contributed by atoms with Crippen LogP contribution >= 0.6 is 0 Å². The molecule has 0 saturated carbocycles. The molecule has 0 radical (unpaired) electrons. The largest absolute Gasteiger partial charge is 0.481 e. The third kappa shape index (κ3) is 7.62. The molecule has 0 aliphatic carbocycles. The lowest BCUT2D eigenvalue weighted by atomic mass is 9.98. The number of carboxylic acid groups (broad SMARTS) is 1. The van der Waals surface area contributed by atoms with Crippen molar-refractivity contribution in [3.8, 4) is 0 Å². The SMILES string of the molecule is C=Cc1c(C)c2cc3[nH]c(cc4nc(cc5nc(cc1[nH]2)C(C)=C5CCC(=O)O)C(CCC(=O)OCCOCCN=[N+]=[N-])=C4C)c(C)c3C=C. The monoisotopic (exact) mass is 675 g/mol. The quantitative estimate of drug-likeness (QED) is 0.0503. The van der Waals surface area contributed by atoms with Crippen molar-refractivity contribution in [3.05, 3.63) is 92.9 Å². The molecule has 0 spiro atoms. The van der Waals surface area contributed by atoms with Crippen LogP contribution in [0.5, 0.6) is 0 Å². The van der Waals surface area contributed by atoms with Crippen LogP contribution in [-0.4, -0.2) is 63.3 Å². The Labute approximate surface area is 289 Å². The number of carbonyl (C=O) groups excluding carboxylic acids is 1. The van der Waals surface area contributed by atoms with Gasteiger partial charge < -0.3 is 24.5 Å². The van der Waals surface area contributed by atoms with Crippen molar-refractivity contribution in [2.45, 2.75) is 53.4 Å². The molecule has 0 fully saturated rings. The van der Waals surface area contributed by atoms with Crippen LogP contribution in [0.25, 0.3) is 67.0 Å². The maximum Gasteiger partial charge on any atom is 0.306 e. The zero-order valence-electron chi connectivity index (χ0n) is 28.9. The number of aliphatic carboxylic acids is 1. The number of azide groups is 1. The molecule has 0 saturated heterocycles. The van der Waals surface area contributed by atoms with E-state index in [1.165, 1.54) is 0 Å². The van der Waals surface area contributed by atoms with Gasteiger partial charge in [0.1, 0.15) is 6.61 Å². The van der Waals surface area contributed by atoms with Gasteiger partial charge in [0.2, 0.25) is 0 Å². The molecule has 5 heterocycles. The highest BCUT2D eigenvalue weighted by molar-refractivity contribution is 5.97. The first-order valence-electron chi connectivity index (χ1n) is 16.4. The molecule has 3 N–H and O–H groups in total. The molecular weight excluding hydrogens is 634 g/mol. The van der Waals surface area contributed by atoms with Crippen molar-refractivity contribution in [3.63, 3.8) is 0 Å². The minimum absolute atomic E-state index is 0.0499. The number of esters is 1. The minimum Gasteiger partial charge on any atom is -0.481 e. The Bertz CT molecular complexity index is 2160. The zero-order chi connectivity index (χ0) is 35.9. The van der Waals surface area contributed by atoms with E-state index in [9.17, 15) is 14.7 Å². The number of H-pyrrole nitrogens is 2. The van der Waals surface area contributed by atoms with Gasteiger partial charge in [-0.15, -0.1) is 0 Å². The van der Waals surface area contributed by atoms with Gasteiger partial charge in [0.25, 0.3) is 0 Å². The molecule has 2 aliphatic heterocycles. The number of carboxylic acids is 1. The summed E-state index contributed by atoms with van der Waals surface area (Å²) in [4.78, 5) is 44.3. The standard InChI is InChI=1S/C38H41N7O5/c1-7-25-21(3)29-17-30-24(6)28(10-12-38(48)50-16-15-49-14-13-40-45-39)36(43-30)20-35-27(9-11-37(46)47)23(5)32(44-35)19-34-26(8-2)22(4)31(42-34)18-33(25)41-29/h7-8,17-20,41-42H,1-2,9-16H2,3-6H3,(H,46,47). The topological polar surface area (TPSA) is 179 Å². The van der Waals surface area contributed by atoms with Crippen LogP contribution in [0.15, 0.2) is 42.5 Å². The molecule has 0 amide bonds. The maximum atomic E-state index is 12.8. The molecule has 0 aromatic carbocycles. The van der Waals surface area contributed by atoms with E-state index in [1.807, 2.05) is 58.0 Å². The zero-order valence-corrected chi connectivity index (χ0v) is 28.9. The lowest BCUT2D eigenvalue weighted by Gasteiger charge is -2.07. The van der Waals surface area contributed by atoms with E-state index in [-0.39, 0.29) is 45.2 Å². The lowest BCUT2D eigenvalue weighted by Crippen LogP contribution is -2.11. The van der Waals surface area contributed by atoms with Gasteiger partial charge in [-0.2, -0.15) is 0 Å². The Hall–Kier alpha value is -5.71. The average molecular weight is 676 g/mol. The fourth-order valence-corrected chi connectivity index (χ4v) is 6.30. The highest BCUT2D eigenvalue weighted by Gasteiger charge is 2.23. The summed E-state index contributed by atoms with van der Waals surface area (Å²) in [5.74, 6) is -1.27. The fraction of sp³-hybridized carbons (Fsp3) is 0.316. The maximum absolute atomic E-state index is 12.8. The highest BCUT2D eigenvalue weighted by atomic mass is 16.6. The average Bonchev–Trinajstić information content (AvgIpc) is 3.75. The fourth-order valence-electron chi connectivity index (χ4n) is 6.30. The van der Waals surface area contributed by atoms with Gasteiger partial charge in [-0.1, -0.05) is 30.4 Å². The number of rotatable bonds is 14. The molecule has 50 heavy (non-hydrogen) atoms. The summed E-state index contributed by atoms with van der Waals surface area (Å²) >= 11 is 0. The van der Waals surface area contributed by atoms with Crippen LogP contribution in [0, 0.1) is 13.8 Å². The van der Waals surface area contributed by atoms with E-state index in [0.717, 1.165) is 72.3 Å². The smallest absolute Gasteiger partial charge is 0.306 e. The van der Waals surface area contributed by atoms with Crippen molar-refractivity contribution in [1.82, 2.24) is 19.9 Å². The van der Waals surface area contributed by atoms with Crippen LogP contribution in [0.3, 0.4) is 0 Å². The lowest BCUT2D eigenvalue weighted by molar-refractivity contribution is -0.145. The number of aryl methyl sites for hydroxylation is 2. The van der Waals surface area contributed by atoms with Crippen LogP contribution in [0.2, 0.25) is 0 Å². The Morgan fingerprint density at radius 2 is 1.34 bits per heavy atom. The Morgan fingerprint density at radius 1 is 0.800 bits per heavy atom. The van der Waals surface area contributed by atoms with E-state index < -0.39 is 5.97 Å². The number of allylic oxidation sites excluding steroid dienone is 4. The van der Waals surface area contributed by atoms with E-state index >= 15 is 0 Å². The summed E-state index contributed by atoms with van der Waals surface area (Å²) in [6.07, 6.45) is 4.39. The molecule has 3 aromatic rings. The minimum atomic E-state index is -0.895. The highest BCUT2D eigenvalue weighted by Crippen LogP contribution is 2.38. The molecular formula is C38H41N7O5. The number of nitrogens with zero attached hydrogens (tertiary/aromatic N) is 5. The third-order valence-electron chi connectivity index (χ3n) is 9.10. The number of carbonyl (C=O) groups is 2.